The number of aryl methyl sites for hydroxylation is 2. The fourth-order valence-corrected chi connectivity index (χ4v) is 4.24. The van der Waals surface area contributed by atoms with Crippen molar-refractivity contribution in [1.82, 2.24) is 14.5 Å². The molecule has 3 rings (SSSR count). The lowest BCUT2D eigenvalue weighted by atomic mass is 10.1. The Labute approximate surface area is 151 Å². The zero-order chi connectivity index (χ0) is 18.2. The van der Waals surface area contributed by atoms with Crippen LogP contribution in [0.3, 0.4) is 0 Å². The average molecular weight is 377 g/mol. The van der Waals surface area contributed by atoms with Crippen molar-refractivity contribution in [2.45, 2.75) is 31.7 Å². The van der Waals surface area contributed by atoms with Gasteiger partial charge in [-0.05, 0) is 19.1 Å². The molecule has 0 radical (unpaired) electrons. The minimum atomic E-state index is -3.74. The van der Waals surface area contributed by atoms with Crippen LogP contribution in [0.2, 0.25) is 0 Å². The first-order valence-corrected chi connectivity index (χ1v) is 10.2. The molecular formula is C17H20N4O2S2. The number of sulfonamides is 1. The number of imidazole rings is 1. The Morgan fingerprint density at radius 2 is 2.00 bits per heavy atom. The summed E-state index contributed by atoms with van der Waals surface area (Å²) in [4.78, 5) is 8.70. The monoisotopic (exact) mass is 376 g/mol. The molecule has 0 spiro atoms. The number of anilines is 1. The number of nitrogens with one attached hydrogen (secondary N) is 1. The summed E-state index contributed by atoms with van der Waals surface area (Å²) in [6.45, 7) is 5.89. The SMILES string of the molecule is Cc1nc(-c2cccc(NS(=O)(=O)c3cn(C)c(C(C)C)n3)c2)cs1. The van der Waals surface area contributed by atoms with E-state index in [1.54, 1.807) is 41.2 Å². The van der Waals surface area contributed by atoms with Gasteiger partial charge in [0, 0.05) is 35.8 Å². The van der Waals surface area contributed by atoms with Gasteiger partial charge in [0.2, 0.25) is 0 Å². The number of aromatic nitrogens is 3. The van der Waals surface area contributed by atoms with Crippen molar-refractivity contribution < 1.29 is 8.42 Å². The van der Waals surface area contributed by atoms with E-state index in [4.69, 9.17) is 0 Å². The van der Waals surface area contributed by atoms with Gasteiger partial charge in [0.15, 0.2) is 5.03 Å². The molecule has 0 amide bonds. The minimum absolute atomic E-state index is 0.0219. The fourth-order valence-electron chi connectivity index (χ4n) is 2.56. The smallest absolute Gasteiger partial charge is 0.280 e. The Kier molecular flexibility index (Phi) is 4.66. The summed E-state index contributed by atoms with van der Waals surface area (Å²) in [5.74, 6) is 0.872. The second-order valence-corrected chi connectivity index (χ2v) is 8.83. The Hall–Kier alpha value is -2.19. The van der Waals surface area contributed by atoms with Crippen LogP contribution in [-0.2, 0) is 17.1 Å². The van der Waals surface area contributed by atoms with Gasteiger partial charge in [0.05, 0.1) is 10.7 Å². The standard InChI is InChI=1S/C17H20N4O2S2/c1-11(2)17-19-16(9-21(17)4)25(22,23)20-14-7-5-6-13(8-14)15-10-24-12(3)18-15/h5-11,20H,1-4H3. The lowest BCUT2D eigenvalue weighted by molar-refractivity contribution is 0.597. The summed E-state index contributed by atoms with van der Waals surface area (Å²) in [5, 5.41) is 2.95. The Bertz CT molecular complexity index is 1000. The summed E-state index contributed by atoms with van der Waals surface area (Å²) in [6, 6.07) is 7.20. The Balaban J connectivity index is 1.90. The van der Waals surface area contributed by atoms with Gasteiger partial charge in [-0.15, -0.1) is 11.3 Å². The van der Waals surface area contributed by atoms with Crippen molar-refractivity contribution in [3.05, 3.63) is 46.7 Å². The van der Waals surface area contributed by atoms with E-state index in [0.29, 0.717) is 5.69 Å². The molecule has 1 aromatic carbocycles. The first-order valence-electron chi connectivity index (χ1n) is 7.85. The highest BCUT2D eigenvalue weighted by Gasteiger charge is 2.21. The molecule has 1 N–H and O–H groups in total. The van der Waals surface area contributed by atoms with Crippen LogP contribution in [0.4, 0.5) is 5.69 Å². The number of nitrogens with zero attached hydrogens (tertiary/aromatic N) is 3. The van der Waals surface area contributed by atoms with Crippen LogP contribution < -0.4 is 4.72 Å². The van der Waals surface area contributed by atoms with Gasteiger partial charge in [-0.1, -0.05) is 26.0 Å². The van der Waals surface area contributed by atoms with Gasteiger partial charge in [-0.25, -0.2) is 9.97 Å². The van der Waals surface area contributed by atoms with Gasteiger partial charge in [0.25, 0.3) is 10.0 Å². The molecule has 0 atom stereocenters. The quantitative estimate of drug-likeness (QED) is 0.735. The summed E-state index contributed by atoms with van der Waals surface area (Å²) in [5.41, 5.74) is 2.19. The van der Waals surface area contributed by atoms with Crippen molar-refractivity contribution in [2.24, 2.45) is 7.05 Å². The highest BCUT2D eigenvalue weighted by atomic mass is 32.2. The molecule has 0 unspecified atom stereocenters. The lowest BCUT2D eigenvalue weighted by Crippen LogP contribution is -2.13. The molecule has 0 aliphatic carbocycles. The summed E-state index contributed by atoms with van der Waals surface area (Å²) < 4.78 is 29.6. The van der Waals surface area contributed by atoms with E-state index in [9.17, 15) is 8.42 Å². The van der Waals surface area contributed by atoms with Gasteiger partial charge in [-0.3, -0.25) is 4.72 Å². The van der Waals surface area contributed by atoms with Crippen LogP contribution in [0.15, 0.2) is 40.9 Å². The van der Waals surface area contributed by atoms with Crippen LogP contribution in [0.5, 0.6) is 0 Å². The third-order valence-electron chi connectivity index (χ3n) is 3.71. The van der Waals surface area contributed by atoms with Crippen molar-refractivity contribution in [3.8, 4) is 11.3 Å². The Morgan fingerprint density at radius 3 is 2.60 bits per heavy atom. The van der Waals surface area contributed by atoms with E-state index in [1.165, 1.54) is 6.20 Å². The van der Waals surface area contributed by atoms with E-state index in [1.807, 2.05) is 32.2 Å². The molecule has 0 fully saturated rings. The van der Waals surface area contributed by atoms with Crippen LogP contribution >= 0.6 is 11.3 Å². The van der Waals surface area contributed by atoms with Crippen LogP contribution in [0.1, 0.15) is 30.6 Å². The molecule has 132 valence electrons. The molecule has 2 heterocycles. The second kappa shape index (κ2) is 6.61. The van der Waals surface area contributed by atoms with Crippen molar-refractivity contribution >= 4 is 27.0 Å². The zero-order valence-corrected chi connectivity index (χ0v) is 16.1. The molecule has 8 heteroatoms. The molecule has 0 aliphatic rings. The van der Waals surface area contributed by atoms with Gasteiger partial charge in [0.1, 0.15) is 5.82 Å². The Morgan fingerprint density at radius 1 is 1.24 bits per heavy atom. The number of hydrogen-bond acceptors (Lipinski definition) is 5. The van der Waals surface area contributed by atoms with Crippen molar-refractivity contribution in [1.29, 1.82) is 0 Å². The van der Waals surface area contributed by atoms with E-state index in [-0.39, 0.29) is 10.9 Å². The van der Waals surface area contributed by atoms with E-state index >= 15 is 0 Å². The summed E-state index contributed by atoms with van der Waals surface area (Å²) >= 11 is 1.56. The van der Waals surface area contributed by atoms with Crippen LogP contribution in [0, 0.1) is 6.92 Å². The van der Waals surface area contributed by atoms with Crippen molar-refractivity contribution in [3.63, 3.8) is 0 Å². The number of benzene rings is 1. The number of rotatable bonds is 5. The predicted molar refractivity (Wildman–Crippen MR) is 100 cm³/mol. The van der Waals surface area contributed by atoms with Gasteiger partial charge >= 0.3 is 0 Å². The zero-order valence-electron chi connectivity index (χ0n) is 14.5. The normalized spacial score (nSPS) is 11.9. The third-order valence-corrected chi connectivity index (χ3v) is 5.74. The molecule has 0 bridgehead atoms. The molecule has 0 saturated heterocycles. The maximum Gasteiger partial charge on any atom is 0.280 e. The maximum absolute atomic E-state index is 12.6. The van der Waals surface area contributed by atoms with Gasteiger partial charge in [-0.2, -0.15) is 8.42 Å². The van der Waals surface area contributed by atoms with Gasteiger partial charge < -0.3 is 4.57 Å². The number of hydrogen-bond donors (Lipinski definition) is 1. The number of thiazole rings is 1. The molecule has 3 aromatic rings. The third kappa shape index (κ3) is 3.74. The molecular weight excluding hydrogens is 356 g/mol. The second-order valence-electron chi connectivity index (χ2n) is 6.14. The summed E-state index contributed by atoms with van der Waals surface area (Å²) in [7, 11) is -1.94. The fraction of sp³-hybridized carbons (Fsp3) is 0.294. The highest BCUT2D eigenvalue weighted by molar-refractivity contribution is 7.92. The molecule has 25 heavy (non-hydrogen) atoms. The predicted octanol–water partition coefficient (Wildman–Crippen LogP) is 3.78. The van der Waals surface area contributed by atoms with E-state index in [0.717, 1.165) is 22.1 Å². The van der Waals surface area contributed by atoms with Crippen LogP contribution in [0.25, 0.3) is 11.3 Å². The largest absolute Gasteiger partial charge is 0.336 e. The maximum atomic E-state index is 12.6. The molecule has 0 saturated carbocycles. The van der Waals surface area contributed by atoms with E-state index in [2.05, 4.69) is 14.7 Å². The summed E-state index contributed by atoms with van der Waals surface area (Å²) in [6.07, 6.45) is 1.53. The van der Waals surface area contributed by atoms with Crippen molar-refractivity contribution in [2.75, 3.05) is 4.72 Å². The first kappa shape index (κ1) is 17.6. The first-order chi connectivity index (χ1) is 11.8. The topological polar surface area (TPSA) is 76.9 Å². The van der Waals surface area contributed by atoms with E-state index < -0.39 is 10.0 Å². The van der Waals surface area contributed by atoms with Crippen LogP contribution in [-0.4, -0.2) is 23.0 Å². The molecule has 2 aromatic heterocycles. The molecule has 0 aliphatic heterocycles. The highest BCUT2D eigenvalue weighted by Crippen LogP contribution is 2.25. The lowest BCUT2D eigenvalue weighted by Gasteiger charge is -2.07. The molecule has 6 nitrogen and oxygen atoms in total. The average Bonchev–Trinajstić information content (AvgIpc) is 3.13. The minimum Gasteiger partial charge on any atom is -0.336 e.